The van der Waals surface area contributed by atoms with Crippen molar-refractivity contribution in [2.45, 2.75) is 6.42 Å². The van der Waals surface area contributed by atoms with Crippen LogP contribution in [0.3, 0.4) is 0 Å². The summed E-state index contributed by atoms with van der Waals surface area (Å²) in [6.45, 7) is 0. The Hall–Kier alpha value is -1.84. The molecule has 0 amide bonds. The van der Waals surface area contributed by atoms with Gasteiger partial charge in [-0.25, -0.2) is 0 Å². The van der Waals surface area contributed by atoms with Gasteiger partial charge in [-0.1, -0.05) is 12.2 Å². The molecule has 1 aliphatic heterocycles. The predicted octanol–water partition coefficient (Wildman–Crippen LogP) is 1.90. The van der Waals surface area contributed by atoms with Gasteiger partial charge >= 0.3 is 5.70 Å². The summed E-state index contributed by atoms with van der Waals surface area (Å²) in [5, 5.41) is 10.6. The molecule has 0 spiro atoms. The van der Waals surface area contributed by atoms with E-state index in [1.165, 1.54) is 12.3 Å². The summed E-state index contributed by atoms with van der Waals surface area (Å²) >= 11 is 0. The van der Waals surface area contributed by atoms with Crippen molar-refractivity contribution in [1.29, 1.82) is 0 Å². The van der Waals surface area contributed by atoms with Crippen molar-refractivity contribution >= 4 is 0 Å². The molecule has 0 aromatic heterocycles. The highest BCUT2D eigenvalue weighted by atomic mass is 16.6. The van der Waals surface area contributed by atoms with Crippen LogP contribution in [-0.4, -0.2) is 4.92 Å². The summed E-state index contributed by atoms with van der Waals surface area (Å²) in [6.07, 6.45) is 8.93. The van der Waals surface area contributed by atoms with E-state index in [0.29, 0.717) is 12.2 Å². The van der Waals surface area contributed by atoms with Gasteiger partial charge in [0.1, 0.15) is 0 Å². The molecule has 2 rings (SSSR count). The molecule has 0 bridgehead atoms. The minimum atomic E-state index is -0.433. The second-order valence-corrected chi connectivity index (χ2v) is 2.72. The molecular weight excluding hydrogens is 170 g/mol. The second-order valence-electron chi connectivity index (χ2n) is 2.72. The first-order chi connectivity index (χ1) is 6.29. The molecule has 4 heteroatoms. The van der Waals surface area contributed by atoms with E-state index in [-0.39, 0.29) is 5.70 Å². The number of fused-ring (bicyclic) bond motifs is 1. The van der Waals surface area contributed by atoms with Gasteiger partial charge in [0, 0.05) is 11.6 Å². The standard InChI is InChI=1S/C9H7NO3/c11-10(12)8-5-1-3-7-4-2-6-13-9(7)8/h1-2,4-6H,3H2. The van der Waals surface area contributed by atoms with Crippen molar-refractivity contribution in [1.82, 2.24) is 0 Å². The van der Waals surface area contributed by atoms with Crippen LogP contribution in [0.4, 0.5) is 0 Å². The number of hydrogen-bond donors (Lipinski definition) is 0. The number of nitrogens with zero attached hydrogens (tertiary/aromatic N) is 1. The van der Waals surface area contributed by atoms with Crippen LogP contribution in [0.1, 0.15) is 6.42 Å². The van der Waals surface area contributed by atoms with Gasteiger partial charge < -0.3 is 4.74 Å². The maximum atomic E-state index is 10.6. The van der Waals surface area contributed by atoms with E-state index in [4.69, 9.17) is 4.74 Å². The van der Waals surface area contributed by atoms with E-state index in [1.54, 1.807) is 12.2 Å². The molecule has 0 aromatic rings. The lowest BCUT2D eigenvalue weighted by molar-refractivity contribution is -0.421. The topological polar surface area (TPSA) is 52.4 Å². The zero-order valence-corrected chi connectivity index (χ0v) is 6.77. The van der Waals surface area contributed by atoms with Crippen molar-refractivity contribution < 1.29 is 9.66 Å². The first kappa shape index (κ1) is 7.79. The molecule has 4 nitrogen and oxygen atoms in total. The maximum absolute atomic E-state index is 10.6. The Morgan fingerprint density at radius 1 is 1.54 bits per heavy atom. The molecule has 1 heterocycles. The lowest BCUT2D eigenvalue weighted by Crippen LogP contribution is -2.08. The van der Waals surface area contributed by atoms with Crippen molar-refractivity contribution in [3.8, 4) is 0 Å². The molecule has 0 fully saturated rings. The van der Waals surface area contributed by atoms with E-state index in [9.17, 15) is 10.1 Å². The van der Waals surface area contributed by atoms with Gasteiger partial charge in [-0.3, -0.25) is 10.1 Å². The smallest absolute Gasteiger partial charge is 0.311 e. The lowest BCUT2D eigenvalue weighted by Gasteiger charge is -2.14. The minimum absolute atomic E-state index is 0.0295. The summed E-state index contributed by atoms with van der Waals surface area (Å²) in [6, 6.07) is 0. The van der Waals surface area contributed by atoms with Gasteiger partial charge in [0.2, 0.25) is 5.76 Å². The van der Waals surface area contributed by atoms with E-state index in [1.807, 2.05) is 6.08 Å². The quantitative estimate of drug-likeness (QED) is 0.454. The van der Waals surface area contributed by atoms with Crippen molar-refractivity contribution in [2.24, 2.45) is 0 Å². The Bertz CT molecular complexity index is 374. The highest BCUT2D eigenvalue weighted by Gasteiger charge is 2.24. The van der Waals surface area contributed by atoms with Crippen molar-refractivity contribution in [3.63, 3.8) is 0 Å². The van der Waals surface area contributed by atoms with Gasteiger partial charge in [0.05, 0.1) is 11.2 Å². The van der Waals surface area contributed by atoms with Gasteiger partial charge in [-0.2, -0.15) is 0 Å². The molecule has 0 saturated heterocycles. The summed E-state index contributed by atoms with van der Waals surface area (Å²) in [5.74, 6) is 0.370. The van der Waals surface area contributed by atoms with Crippen LogP contribution in [0.2, 0.25) is 0 Å². The average molecular weight is 177 g/mol. The molecule has 1 aliphatic carbocycles. The van der Waals surface area contributed by atoms with E-state index in [2.05, 4.69) is 0 Å². The van der Waals surface area contributed by atoms with Crippen LogP contribution >= 0.6 is 0 Å². The van der Waals surface area contributed by atoms with Crippen molar-refractivity contribution in [3.05, 3.63) is 57.7 Å². The molecule has 0 aromatic carbocycles. The Balaban J connectivity index is 2.49. The summed E-state index contributed by atoms with van der Waals surface area (Å²) in [7, 11) is 0. The molecule has 0 N–H and O–H groups in total. The predicted molar refractivity (Wildman–Crippen MR) is 46.1 cm³/mol. The Morgan fingerprint density at radius 3 is 3.15 bits per heavy atom. The van der Waals surface area contributed by atoms with Gasteiger partial charge in [0.15, 0.2) is 0 Å². The third-order valence-corrected chi connectivity index (χ3v) is 1.90. The van der Waals surface area contributed by atoms with Gasteiger partial charge in [-0.15, -0.1) is 0 Å². The molecule has 66 valence electrons. The van der Waals surface area contributed by atoms with E-state index >= 15 is 0 Å². The van der Waals surface area contributed by atoms with Crippen LogP contribution in [-0.2, 0) is 4.74 Å². The normalized spacial score (nSPS) is 19.2. The van der Waals surface area contributed by atoms with Gasteiger partial charge in [0.25, 0.3) is 0 Å². The first-order valence-corrected chi connectivity index (χ1v) is 3.87. The number of ether oxygens (including phenoxy) is 1. The molecule has 2 aliphatic rings. The Morgan fingerprint density at radius 2 is 2.38 bits per heavy atom. The molecule has 0 unspecified atom stereocenters. The number of hydrogen-bond acceptors (Lipinski definition) is 3. The van der Waals surface area contributed by atoms with Crippen LogP contribution in [0, 0.1) is 10.1 Å². The van der Waals surface area contributed by atoms with E-state index < -0.39 is 4.92 Å². The van der Waals surface area contributed by atoms with Crippen molar-refractivity contribution in [2.75, 3.05) is 0 Å². The monoisotopic (exact) mass is 177 g/mol. The highest BCUT2D eigenvalue weighted by Crippen LogP contribution is 2.28. The van der Waals surface area contributed by atoms with Crippen LogP contribution in [0.25, 0.3) is 0 Å². The molecule has 13 heavy (non-hydrogen) atoms. The largest absolute Gasteiger partial charge is 0.457 e. The van der Waals surface area contributed by atoms with Crippen LogP contribution in [0.5, 0.6) is 0 Å². The summed E-state index contributed by atoms with van der Waals surface area (Å²) in [4.78, 5) is 10.1. The Labute approximate surface area is 74.7 Å². The van der Waals surface area contributed by atoms with Crippen LogP contribution < -0.4 is 0 Å². The number of nitro groups is 1. The minimum Gasteiger partial charge on any atom is -0.457 e. The summed E-state index contributed by atoms with van der Waals surface area (Å²) < 4.78 is 5.09. The zero-order valence-electron chi connectivity index (χ0n) is 6.77. The molecular formula is C9H7NO3. The van der Waals surface area contributed by atoms with Crippen LogP contribution in [0.15, 0.2) is 47.6 Å². The fourth-order valence-corrected chi connectivity index (χ4v) is 1.32. The second kappa shape index (κ2) is 2.90. The number of allylic oxidation sites excluding steroid dienone is 5. The molecule has 0 saturated carbocycles. The summed E-state index contributed by atoms with van der Waals surface area (Å²) in [5.41, 5.74) is 0.888. The Kier molecular flexibility index (Phi) is 1.73. The molecule has 0 radical (unpaired) electrons. The fraction of sp³-hybridized carbons (Fsp3) is 0.111. The first-order valence-electron chi connectivity index (χ1n) is 3.87. The lowest BCUT2D eigenvalue weighted by atomic mass is 10.0. The van der Waals surface area contributed by atoms with E-state index in [0.717, 1.165) is 5.57 Å². The molecule has 0 atom stereocenters. The third-order valence-electron chi connectivity index (χ3n) is 1.90. The maximum Gasteiger partial charge on any atom is 0.311 e. The van der Waals surface area contributed by atoms with Gasteiger partial charge in [-0.05, 0) is 12.5 Å². The number of rotatable bonds is 1. The average Bonchev–Trinajstić information content (AvgIpc) is 2.17. The fourth-order valence-electron chi connectivity index (χ4n) is 1.32. The highest BCUT2D eigenvalue weighted by molar-refractivity contribution is 5.42. The third kappa shape index (κ3) is 1.26. The SMILES string of the molecule is O=[N+]([O-])C1=C2OC=CC=C2CC=C1. The zero-order chi connectivity index (χ0) is 9.26.